The molecule has 0 bridgehead atoms. The maximum atomic E-state index is 12.9. The molecule has 0 spiro atoms. The zero-order valence-corrected chi connectivity index (χ0v) is 17.8. The second kappa shape index (κ2) is 8.51. The van der Waals surface area contributed by atoms with Gasteiger partial charge in [-0.05, 0) is 43.7 Å². The van der Waals surface area contributed by atoms with Crippen LogP contribution >= 0.6 is 0 Å². The minimum atomic E-state index is -3.42. The molecule has 3 rings (SSSR count). The number of benzene rings is 2. The Balaban J connectivity index is 1.67. The average molecular weight is 406 g/mol. The fourth-order valence-electron chi connectivity index (χ4n) is 3.56. The van der Waals surface area contributed by atoms with E-state index in [1.165, 1.54) is 10.5 Å². The highest BCUT2D eigenvalue weighted by atomic mass is 32.2. The van der Waals surface area contributed by atoms with E-state index in [1.54, 1.807) is 30.7 Å². The van der Waals surface area contributed by atoms with Gasteiger partial charge in [0.25, 0.3) is 0 Å². The quantitative estimate of drug-likeness (QED) is 0.790. The monoisotopic (exact) mass is 405 g/mol. The van der Waals surface area contributed by atoms with Gasteiger partial charge in [0.05, 0.1) is 45.3 Å². The Morgan fingerprint density at radius 2 is 1.54 bits per heavy atom. The molecule has 0 radical (unpaired) electrons. The van der Waals surface area contributed by atoms with Crippen molar-refractivity contribution in [2.45, 2.75) is 25.3 Å². The second-order valence-electron chi connectivity index (χ2n) is 7.28. The molecular formula is C21H29N2O4S+. The van der Waals surface area contributed by atoms with Gasteiger partial charge in [0, 0.05) is 5.56 Å². The smallest absolute Gasteiger partial charge is 0.243 e. The number of methoxy groups -OCH3 is 2. The predicted octanol–water partition coefficient (Wildman–Crippen LogP) is 1.41. The first-order valence-corrected chi connectivity index (χ1v) is 10.9. The third kappa shape index (κ3) is 4.32. The molecular weight excluding hydrogens is 376 g/mol. The van der Waals surface area contributed by atoms with E-state index in [9.17, 15) is 8.42 Å². The summed E-state index contributed by atoms with van der Waals surface area (Å²) in [5, 5.41) is 0. The molecule has 1 aliphatic heterocycles. The highest BCUT2D eigenvalue weighted by Crippen LogP contribution is 2.30. The first kappa shape index (κ1) is 20.6. The van der Waals surface area contributed by atoms with Gasteiger partial charge in [0.1, 0.15) is 6.54 Å². The van der Waals surface area contributed by atoms with Crippen molar-refractivity contribution in [3.63, 3.8) is 0 Å². The molecule has 0 atom stereocenters. The largest absolute Gasteiger partial charge is 0.493 e. The normalized spacial score (nSPS) is 16.1. The molecule has 2 aromatic rings. The zero-order valence-electron chi connectivity index (χ0n) is 17.0. The molecule has 0 amide bonds. The van der Waals surface area contributed by atoms with Crippen molar-refractivity contribution >= 4 is 10.0 Å². The number of hydrogen-bond acceptors (Lipinski definition) is 4. The van der Waals surface area contributed by atoms with E-state index in [2.05, 4.69) is 6.92 Å². The first-order valence-electron chi connectivity index (χ1n) is 9.47. The summed E-state index contributed by atoms with van der Waals surface area (Å²) in [6, 6.07) is 11.1. The Bertz CT molecular complexity index is 918. The minimum absolute atomic E-state index is 0.372. The summed E-state index contributed by atoms with van der Waals surface area (Å²) in [7, 11) is -0.147. The number of ether oxygens (including phenoxy) is 2. The molecule has 1 saturated heterocycles. The van der Waals surface area contributed by atoms with E-state index in [1.807, 2.05) is 31.2 Å². The van der Waals surface area contributed by atoms with E-state index < -0.39 is 10.0 Å². The van der Waals surface area contributed by atoms with E-state index in [4.69, 9.17) is 9.47 Å². The molecule has 2 aromatic carbocycles. The number of nitrogens with one attached hydrogen (secondary N) is 1. The van der Waals surface area contributed by atoms with Crippen LogP contribution in [0.1, 0.15) is 16.7 Å². The fourth-order valence-corrected chi connectivity index (χ4v) is 5.00. The molecule has 1 fully saturated rings. The zero-order chi connectivity index (χ0) is 20.3. The van der Waals surface area contributed by atoms with E-state index in [0.717, 1.165) is 42.3 Å². The van der Waals surface area contributed by atoms with Crippen LogP contribution in [-0.2, 0) is 16.6 Å². The summed E-state index contributed by atoms with van der Waals surface area (Å²) in [5.74, 6) is 1.45. The van der Waals surface area contributed by atoms with Crippen LogP contribution in [0.15, 0.2) is 41.3 Å². The van der Waals surface area contributed by atoms with Gasteiger partial charge in [-0.25, -0.2) is 8.42 Å². The summed E-state index contributed by atoms with van der Waals surface area (Å²) >= 11 is 0. The summed E-state index contributed by atoms with van der Waals surface area (Å²) < 4.78 is 38.1. The summed E-state index contributed by atoms with van der Waals surface area (Å²) in [6.07, 6.45) is 0. The summed E-state index contributed by atoms with van der Waals surface area (Å²) in [4.78, 5) is 1.74. The predicted molar refractivity (Wildman–Crippen MR) is 109 cm³/mol. The lowest BCUT2D eigenvalue weighted by molar-refractivity contribution is -0.917. The summed E-state index contributed by atoms with van der Waals surface area (Å²) in [5.41, 5.74) is 3.40. The Hall–Kier alpha value is -2.09. The third-order valence-electron chi connectivity index (χ3n) is 5.37. The van der Waals surface area contributed by atoms with Crippen LogP contribution in [0.4, 0.5) is 0 Å². The molecule has 152 valence electrons. The number of rotatable bonds is 6. The Labute approximate surface area is 167 Å². The van der Waals surface area contributed by atoms with Gasteiger partial charge in [0.2, 0.25) is 10.0 Å². The lowest BCUT2D eigenvalue weighted by atomic mass is 10.1. The number of aryl methyl sites for hydroxylation is 2. The minimum Gasteiger partial charge on any atom is -0.493 e. The third-order valence-corrected chi connectivity index (χ3v) is 7.28. The van der Waals surface area contributed by atoms with Crippen molar-refractivity contribution in [3.8, 4) is 11.5 Å². The fraction of sp³-hybridized carbons (Fsp3) is 0.429. The van der Waals surface area contributed by atoms with Crippen LogP contribution in [0.25, 0.3) is 0 Å². The number of quaternary nitrogens is 1. The molecule has 0 saturated carbocycles. The van der Waals surface area contributed by atoms with Gasteiger partial charge in [-0.3, -0.25) is 0 Å². The topological polar surface area (TPSA) is 60.3 Å². The molecule has 6 nitrogen and oxygen atoms in total. The number of sulfonamides is 1. The van der Waals surface area contributed by atoms with E-state index >= 15 is 0 Å². The molecule has 0 aliphatic carbocycles. The molecule has 0 unspecified atom stereocenters. The SMILES string of the molecule is COc1cc(C)c(C[NH+]2CCN(S(=O)(=O)c3ccc(C)cc3)CC2)cc1OC. The highest BCUT2D eigenvalue weighted by Gasteiger charge is 2.30. The maximum absolute atomic E-state index is 12.9. The number of piperazine rings is 1. The van der Waals surface area contributed by atoms with Crippen molar-refractivity contribution < 1.29 is 22.8 Å². The van der Waals surface area contributed by atoms with E-state index in [0.29, 0.717) is 18.0 Å². The van der Waals surface area contributed by atoms with Gasteiger partial charge in [-0.15, -0.1) is 0 Å². The van der Waals surface area contributed by atoms with Gasteiger partial charge in [0.15, 0.2) is 11.5 Å². The highest BCUT2D eigenvalue weighted by molar-refractivity contribution is 7.89. The maximum Gasteiger partial charge on any atom is 0.243 e. The lowest BCUT2D eigenvalue weighted by Crippen LogP contribution is -3.13. The van der Waals surface area contributed by atoms with Crippen LogP contribution in [0.5, 0.6) is 11.5 Å². The molecule has 1 N–H and O–H groups in total. The van der Waals surface area contributed by atoms with Crippen LogP contribution in [0.3, 0.4) is 0 Å². The molecule has 1 aliphatic rings. The molecule has 7 heteroatoms. The van der Waals surface area contributed by atoms with Crippen LogP contribution in [0, 0.1) is 13.8 Å². The van der Waals surface area contributed by atoms with Crippen molar-refractivity contribution in [3.05, 3.63) is 53.1 Å². The standard InChI is InChI=1S/C21H28N2O4S/c1-16-5-7-19(8-6-16)28(24,25)23-11-9-22(10-12-23)15-18-14-21(27-4)20(26-3)13-17(18)2/h5-8,13-14H,9-12,15H2,1-4H3/p+1. The summed E-state index contributed by atoms with van der Waals surface area (Å²) in [6.45, 7) is 7.46. The first-order chi connectivity index (χ1) is 13.3. The van der Waals surface area contributed by atoms with Crippen molar-refractivity contribution in [1.29, 1.82) is 0 Å². The number of hydrogen-bond donors (Lipinski definition) is 1. The Morgan fingerprint density at radius 3 is 2.11 bits per heavy atom. The van der Waals surface area contributed by atoms with Gasteiger partial charge < -0.3 is 14.4 Å². The van der Waals surface area contributed by atoms with Crippen LogP contribution < -0.4 is 14.4 Å². The van der Waals surface area contributed by atoms with Crippen LogP contribution in [0.2, 0.25) is 0 Å². The van der Waals surface area contributed by atoms with Gasteiger partial charge >= 0.3 is 0 Å². The molecule has 28 heavy (non-hydrogen) atoms. The van der Waals surface area contributed by atoms with Gasteiger partial charge in [-0.1, -0.05) is 17.7 Å². The van der Waals surface area contributed by atoms with Gasteiger partial charge in [-0.2, -0.15) is 4.31 Å². The van der Waals surface area contributed by atoms with Crippen LogP contribution in [-0.4, -0.2) is 53.1 Å². The van der Waals surface area contributed by atoms with Crippen molar-refractivity contribution in [2.24, 2.45) is 0 Å². The van der Waals surface area contributed by atoms with E-state index in [-0.39, 0.29) is 0 Å². The average Bonchev–Trinajstić information content (AvgIpc) is 2.70. The van der Waals surface area contributed by atoms with Crippen molar-refractivity contribution in [2.75, 3.05) is 40.4 Å². The lowest BCUT2D eigenvalue weighted by Gasteiger charge is -2.32. The molecule has 0 aromatic heterocycles. The Morgan fingerprint density at radius 1 is 0.964 bits per heavy atom. The van der Waals surface area contributed by atoms with Crippen molar-refractivity contribution in [1.82, 2.24) is 4.31 Å². The Kier molecular flexibility index (Phi) is 6.27. The molecule has 1 heterocycles. The second-order valence-corrected chi connectivity index (χ2v) is 9.22. The number of nitrogens with zero attached hydrogens (tertiary/aromatic N) is 1.